The summed E-state index contributed by atoms with van der Waals surface area (Å²) in [5, 5.41) is 5.18. The zero-order chi connectivity index (χ0) is 11.8. The lowest BCUT2D eigenvalue weighted by atomic mass is 10.0. The fraction of sp³-hybridized carbons (Fsp3) is 0.583. The van der Waals surface area contributed by atoms with Crippen molar-refractivity contribution in [3.63, 3.8) is 0 Å². The van der Waals surface area contributed by atoms with Gasteiger partial charge in [0.25, 0.3) is 0 Å². The number of thiophene rings is 1. The molecule has 1 aliphatic rings. The summed E-state index contributed by atoms with van der Waals surface area (Å²) in [4.78, 5) is 15.6. The first-order valence-electron chi connectivity index (χ1n) is 5.58. The molecule has 1 aromatic heterocycles. The Kier molecular flexibility index (Phi) is 3.04. The highest BCUT2D eigenvalue weighted by Gasteiger charge is 2.32. The van der Waals surface area contributed by atoms with E-state index in [1.807, 2.05) is 25.8 Å². The third-order valence-corrected chi connectivity index (χ3v) is 4.28. The zero-order valence-corrected chi connectivity index (χ0v) is 10.9. The number of fused-ring (bicyclic) bond motifs is 1. The molecule has 0 saturated carbocycles. The van der Waals surface area contributed by atoms with Gasteiger partial charge < -0.3 is 10.2 Å². The smallest absolute Gasteiger partial charge is 0.242 e. The maximum absolute atomic E-state index is 12.2. The number of carbonyl (C=O) groups is 1. The first-order valence-corrected chi connectivity index (χ1v) is 6.46. The molecule has 0 unspecified atom stereocenters. The topological polar surface area (TPSA) is 32.3 Å². The van der Waals surface area contributed by atoms with E-state index in [0.29, 0.717) is 0 Å². The average Bonchev–Trinajstić information content (AvgIpc) is 2.74. The first-order chi connectivity index (χ1) is 7.54. The fourth-order valence-electron chi connectivity index (χ4n) is 1.92. The van der Waals surface area contributed by atoms with Crippen molar-refractivity contribution in [1.29, 1.82) is 0 Å². The second-order valence-electron chi connectivity index (χ2n) is 4.72. The molecule has 0 aliphatic carbocycles. The van der Waals surface area contributed by atoms with E-state index in [2.05, 4.69) is 16.8 Å². The van der Waals surface area contributed by atoms with Gasteiger partial charge in [-0.05, 0) is 44.3 Å². The van der Waals surface area contributed by atoms with Gasteiger partial charge in [-0.25, -0.2) is 0 Å². The Bertz CT molecular complexity index is 397. The van der Waals surface area contributed by atoms with E-state index in [1.54, 1.807) is 11.3 Å². The lowest BCUT2D eigenvalue weighted by molar-refractivity contribution is -0.137. The molecule has 88 valence electrons. The van der Waals surface area contributed by atoms with Crippen molar-refractivity contribution in [2.75, 3.05) is 13.6 Å². The van der Waals surface area contributed by atoms with E-state index in [4.69, 9.17) is 0 Å². The Labute approximate surface area is 100 Å². The zero-order valence-electron chi connectivity index (χ0n) is 10.0. The molecule has 0 bridgehead atoms. The molecular formula is C12H18N2OS. The van der Waals surface area contributed by atoms with Gasteiger partial charge in [-0.1, -0.05) is 0 Å². The molecule has 1 aromatic rings. The molecule has 3 nitrogen and oxygen atoms in total. The van der Waals surface area contributed by atoms with Crippen LogP contribution in [0.15, 0.2) is 11.4 Å². The van der Waals surface area contributed by atoms with Gasteiger partial charge in [0.1, 0.15) is 0 Å². The summed E-state index contributed by atoms with van der Waals surface area (Å²) in [5.74, 6) is 0.187. The molecule has 2 rings (SSSR count). The normalized spacial score (nSPS) is 16.1. The molecular weight excluding hydrogens is 220 g/mol. The number of rotatable bonds is 2. The summed E-state index contributed by atoms with van der Waals surface area (Å²) < 4.78 is 0. The molecule has 0 atom stereocenters. The quantitative estimate of drug-likeness (QED) is 0.849. The summed E-state index contributed by atoms with van der Waals surface area (Å²) in [6.07, 6.45) is 0.999. The van der Waals surface area contributed by atoms with Crippen LogP contribution in [-0.2, 0) is 17.8 Å². The Morgan fingerprint density at radius 1 is 1.56 bits per heavy atom. The number of carbonyl (C=O) groups excluding carboxylic acids is 1. The second-order valence-corrected chi connectivity index (χ2v) is 5.72. The maximum atomic E-state index is 12.2. The highest BCUT2D eigenvalue weighted by molar-refractivity contribution is 7.10. The molecule has 2 heterocycles. The van der Waals surface area contributed by atoms with Gasteiger partial charge >= 0.3 is 0 Å². The van der Waals surface area contributed by atoms with Gasteiger partial charge in [0.2, 0.25) is 5.91 Å². The monoisotopic (exact) mass is 238 g/mol. The van der Waals surface area contributed by atoms with Crippen LogP contribution < -0.4 is 5.32 Å². The summed E-state index contributed by atoms with van der Waals surface area (Å²) in [7, 11) is 1.83. The summed E-state index contributed by atoms with van der Waals surface area (Å²) in [6, 6.07) is 2.13. The summed E-state index contributed by atoms with van der Waals surface area (Å²) in [6.45, 7) is 5.47. The maximum Gasteiger partial charge on any atom is 0.242 e. The molecule has 0 saturated heterocycles. The van der Waals surface area contributed by atoms with Crippen molar-refractivity contribution in [2.24, 2.45) is 0 Å². The number of hydrogen-bond acceptors (Lipinski definition) is 3. The van der Waals surface area contributed by atoms with Crippen molar-refractivity contribution >= 4 is 17.2 Å². The number of nitrogens with one attached hydrogen (secondary N) is 1. The molecule has 0 aromatic carbocycles. The van der Waals surface area contributed by atoms with Gasteiger partial charge in [-0.15, -0.1) is 11.3 Å². The van der Waals surface area contributed by atoms with Gasteiger partial charge in [0.15, 0.2) is 0 Å². The molecule has 0 fully saturated rings. The van der Waals surface area contributed by atoms with Crippen LogP contribution in [0.3, 0.4) is 0 Å². The van der Waals surface area contributed by atoms with Gasteiger partial charge in [0.05, 0.1) is 5.54 Å². The first kappa shape index (κ1) is 11.6. The fourth-order valence-corrected chi connectivity index (χ4v) is 2.81. The lowest BCUT2D eigenvalue weighted by Crippen LogP contribution is -2.53. The van der Waals surface area contributed by atoms with Crippen molar-refractivity contribution in [3.05, 3.63) is 21.9 Å². The van der Waals surface area contributed by atoms with E-state index in [0.717, 1.165) is 19.5 Å². The summed E-state index contributed by atoms with van der Waals surface area (Å²) >= 11 is 1.80. The van der Waals surface area contributed by atoms with Crippen LogP contribution in [0.4, 0.5) is 0 Å². The van der Waals surface area contributed by atoms with Crippen LogP contribution in [0.2, 0.25) is 0 Å². The van der Waals surface area contributed by atoms with Crippen LogP contribution in [0.25, 0.3) is 0 Å². The largest absolute Gasteiger partial charge is 0.336 e. The number of amides is 1. The van der Waals surface area contributed by atoms with Crippen molar-refractivity contribution in [1.82, 2.24) is 10.2 Å². The highest BCUT2D eigenvalue weighted by atomic mass is 32.1. The molecule has 4 heteroatoms. The number of hydrogen-bond donors (Lipinski definition) is 1. The molecule has 1 aliphatic heterocycles. The van der Waals surface area contributed by atoms with E-state index in [1.165, 1.54) is 10.4 Å². The minimum Gasteiger partial charge on any atom is -0.336 e. The van der Waals surface area contributed by atoms with Crippen molar-refractivity contribution in [3.8, 4) is 0 Å². The Hall–Kier alpha value is -0.870. The Morgan fingerprint density at radius 3 is 3.00 bits per heavy atom. The van der Waals surface area contributed by atoms with Gasteiger partial charge in [-0.2, -0.15) is 0 Å². The second kappa shape index (κ2) is 4.18. The molecule has 1 N–H and O–H groups in total. The van der Waals surface area contributed by atoms with E-state index >= 15 is 0 Å². The van der Waals surface area contributed by atoms with E-state index in [-0.39, 0.29) is 5.91 Å². The van der Waals surface area contributed by atoms with Gasteiger partial charge in [-0.3, -0.25) is 4.79 Å². The van der Waals surface area contributed by atoms with E-state index in [9.17, 15) is 4.79 Å². The highest BCUT2D eigenvalue weighted by Crippen LogP contribution is 2.25. The minimum atomic E-state index is -0.465. The third-order valence-electron chi connectivity index (χ3n) is 3.25. The van der Waals surface area contributed by atoms with Crippen LogP contribution in [0.1, 0.15) is 24.3 Å². The van der Waals surface area contributed by atoms with Crippen LogP contribution >= 0.6 is 11.3 Å². The predicted octanol–water partition coefficient (Wildman–Crippen LogP) is 1.63. The predicted molar refractivity (Wildman–Crippen MR) is 66.6 cm³/mol. The average molecular weight is 238 g/mol. The van der Waals surface area contributed by atoms with Crippen LogP contribution in [0, 0.1) is 0 Å². The molecule has 0 spiro atoms. The van der Waals surface area contributed by atoms with Crippen LogP contribution in [-0.4, -0.2) is 29.9 Å². The molecule has 1 amide bonds. The lowest BCUT2D eigenvalue weighted by Gasteiger charge is -2.34. The summed E-state index contributed by atoms with van der Waals surface area (Å²) in [5.41, 5.74) is 0.851. The SMILES string of the molecule is CNC(C)(C)C(=O)N1CCc2sccc2C1. The number of likely N-dealkylation sites (N-methyl/N-ethyl adjacent to an activating group) is 1. The Balaban J connectivity index is 2.12. The Morgan fingerprint density at radius 2 is 2.31 bits per heavy atom. The molecule has 16 heavy (non-hydrogen) atoms. The van der Waals surface area contributed by atoms with Crippen molar-refractivity contribution in [2.45, 2.75) is 32.4 Å². The van der Waals surface area contributed by atoms with Crippen LogP contribution in [0.5, 0.6) is 0 Å². The standard InChI is InChI=1S/C12H18N2OS/c1-12(2,13-3)11(15)14-6-4-10-9(8-14)5-7-16-10/h5,7,13H,4,6,8H2,1-3H3. The van der Waals surface area contributed by atoms with E-state index < -0.39 is 5.54 Å². The molecule has 0 radical (unpaired) electrons. The van der Waals surface area contributed by atoms with Crippen molar-refractivity contribution < 1.29 is 4.79 Å². The minimum absolute atomic E-state index is 0.187. The third kappa shape index (κ3) is 1.99. The number of nitrogens with zero attached hydrogens (tertiary/aromatic N) is 1. The van der Waals surface area contributed by atoms with Gasteiger partial charge in [0, 0.05) is 18.0 Å².